The molecule has 1 saturated carbocycles. The average molecular weight is 225 g/mol. The Hall–Kier alpha value is -0.610. The van der Waals surface area contributed by atoms with Gasteiger partial charge in [0.2, 0.25) is 5.91 Å². The van der Waals surface area contributed by atoms with Crippen LogP contribution in [0.2, 0.25) is 0 Å². The summed E-state index contributed by atoms with van der Waals surface area (Å²) in [5.41, 5.74) is 5.41. The van der Waals surface area contributed by atoms with E-state index in [0.717, 1.165) is 38.6 Å². The number of hydrogen-bond donors (Lipinski definition) is 1. The Morgan fingerprint density at radius 1 is 1.06 bits per heavy atom. The molecular weight excluding hydrogens is 202 g/mol. The van der Waals surface area contributed by atoms with Gasteiger partial charge in [-0.2, -0.15) is 0 Å². The second kappa shape index (κ2) is 5.64. The van der Waals surface area contributed by atoms with Crippen molar-refractivity contribution in [3.8, 4) is 0 Å². The molecule has 0 unspecified atom stereocenters. The van der Waals surface area contributed by atoms with Crippen molar-refractivity contribution in [2.24, 2.45) is 5.73 Å². The van der Waals surface area contributed by atoms with Gasteiger partial charge in [-0.15, -0.1) is 0 Å². The van der Waals surface area contributed by atoms with Gasteiger partial charge in [0, 0.05) is 32.2 Å². The van der Waals surface area contributed by atoms with Crippen molar-refractivity contribution < 1.29 is 4.79 Å². The molecule has 0 bridgehead atoms. The first-order valence-electron chi connectivity index (χ1n) is 6.53. The number of amides is 1. The van der Waals surface area contributed by atoms with E-state index in [9.17, 15) is 4.79 Å². The molecule has 2 N–H and O–H groups in total. The summed E-state index contributed by atoms with van der Waals surface area (Å²) in [6.45, 7) is 4.10. The highest BCUT2D eigenvalue weighted by atomic mass is 16.2. The van der Waals surface area contributed by atoms with Gasteiger partial charge in [0.25, 0.3) is 0 Å². The van der Waals surface area contributed by atoms with E-state index in [-0.39, 0.29) is 12.5 Å². The molecular formula is C12H23N3O. The van der Waals surface area contributed by atoms with E-state index in [1.165, 1.54) is 25.7 Å². The van der Waals surface area contributed by atoms with Crippen molar-refractivity contribution in [3.63, 3.8) is 0 Å². The third-order valence-electron chi connectivity index (χ3n) is 3.90. The van der Waals surface area contributed by atoms with Gasteiger partial charge in [-0.25, -0.2) is 0 Å². The van der Waals surface area contributed by atoms with Crippen LogP contribution in [0.1, 0.15) is 32.1 Å². The van der Waals surface area contributed by atoms with Gasteiger partial charge in [-0.3, -0.25) is 9.69 Å². The van der Waals surface area contributed by atoms with Crippen molar-refractivity contribution in [1.29, 1.82) is 0 Å². The molecule has 0 aromatic rings. The maximum Gasteiger partial charge on any atom is 0.236 e. The number of carbonyl (C=O) groups is 1. The molecule has 1 aliphatic heterocycles. The Balaban J connectivity index is 1.85. The van der Waals surface area contributed by atoms with Crippen LogP contribution in [0.25, 0.3) is 0 Å². The van der Waals surface area contributed by atoms with Crippen LogP contribution in [0.5, 0.6) is 0 Å². The normalized spacial score (nSPS) is 24.7. The molecule has 0 aromatic heterocycles. The number of carbonyl (C=O) groups excluding carboxylic acids is 1. The second-order valence-corrected chi connectivity index (χ2v) is 4.91. The Bertz CT molecular complexity index is 238. The van der Waals surface area contributed by atoms with Gasteiger partial charge in [0.1, 0.15) is 0 Å². The van der Waals surface area contributed by atoms with Crippen molar-refractivity contribution in [2.75, 3.05) is 32.7 Å². The SMILES string of the molecule is NCC(=O)N1CCCN(C2CCCC2)CC1. The first-order chi connectivity index (χ1) is 7.81. The molecule has 1 amide bonds. The largest absolute Gasteiger partial charge is 0.340 e. The molecule has 0 spiro atoms. The van der Waals surface area contributed by atoms with Crippen molar-refractivity contribution in [1.82, 2.24) is 9.80 Å². The summed E-state index contributed by atoms with van der Waals surface area (Å²) in [5, 5.41) is 0. The van der Waals surface area contributed by atoms with Crippen molar-refractivity contribution in [3.05, 3.63) is 0 Å². The lowest BCUT2D eigenvalue weighted by Crippen LogP contribution is -2.40. The number of hydrogen-bond acceptors (Lipinski definition) is 3. The maximum atomic E-state index is 11.5. The predicted molar refractivity (Wildman–Crippen MR) is 64.1 cm³/mol. The number of nitrogens with zero attached hydrogens (tertiary/aromatic N) is 2. The van der Waals surface area contributed by atoms with Crippen LogP contribution in [-0.2, 0) is 4.79 Å². The molecule has 1 heterocycles. The Morgan fingerprint density at radius 3 is 2.50 bits per heavy atom. The summed E-state index contributed by atoms with van der Waals surface area (Å²) >= 11 is 0. The summed E-state index contributed by atoms with van der Waals surface area (Å²) in [4.78, 5) is 16.0. The topological polar surface area (TPSA) is 49.6 Å². The van der Waals surface area contributed by atoms with Crippen LogP contribution in [0, 0.1) is 0 Å². The zero-order chi connectivity index (χ0) is 11.4. The van der Waals surface area contributed by atoms with Gasteiger partial charge in [0.15, 0.2) is 0 Å². The van der Waals surface area contributed by atoms with Gasteiger partial charge >= 0.3 is 0 Å². The molecule has 1 saturated heterocycles. The molecule has 2 aliphatic rings. The fourth-order valence-corrected chi connectivity index (χ4v) is 2.95. The lowest BCUT2D eigenvalue weighted by atomic mass is 10.2. The van der Waals surface area contributed by atoms with Crippen LogP contribution in [0.15, 0.2) is 0 Å². The molecule has 0 radical (unpaired) electrons. The van der Waals surface area contributed by atoms with E-state index in [1.807, 2.05) is 4.90 Å². The van der Waals surface area contributed by atoms with E-state index < -0.39 is 0 Å². The molecule has 1 aliphatic carbocycles. The number of nitrogens with two attached hydrogens (primary N) is 1. The van der Waals surface area contributed by atoms with Gasteiger partial charge < -0.3 is 10.6 Å². The summed E-state index contributed by atoms with van der Waals surface area (Å²) in [5.74, 6) is 0.105. The second-order valence-electron chi connectivity index (χ2n) is 4.91. The van der Waals surface area contributed by atoms with Gasteiger partial charge in [0.05, 0.1) is 6.54 Å². The number of rotatable bonds is 2. The Morgan fingerprint density at radius 2 is 1.81 bits per heavy atom. The van der Waals surface area contributed by atoms with Crippen LogP contribution < -0.4 is 5.73 Å². The van der Waals surface area contributed by atoms with Crippen LogP contribution >= 0.6 is 0 Å². The zero-order valence-electron chi connectivity index (χ0n) is 10.0. The monoisotopic (exact) mass is 225 g/mol. The summed E-state index contributed by atoms with van der Waals surface area (Å²) in [6, 6.07) is 0.785. The van der Waals surface area contributed by atoms with Crippen molar-refractivity contribution >= 4 is 5.91 Å². The van der Waals surface area contributed by atoms with Crippen molar-refractivity contribution in [2.45, 2.75) is 38.1 Å². The minimum absolute atomic E-state index is 0.105. The van der Waals surface area contributed by atoms with Gasteiger partial charge in [-0.05, 0) is 19.3 Å². The molecule has 4 heteroatoms. The first-order valence-corrected chi connectivity index (χ1v) is 6.53. The van der Waals surface area contributed by atoms with E-state index in [0.29, 0.717) is 0 Å². The quantitative estimate of drug-likeness (QED) is 0.741. The fraction of sp³-hybridized carbons (Fsp3) is 0.917. The smallest absolute Gasteiger partial charge is 0.236 e. The standard InChI is InChI=1S/C12H23N3O/c13-10-12(16)15-7-3-6-14(8-9-15)11-4-1-2-5-11/h11H,1-10,13H2. The maximum absolute atomic E-state index is 11.5. The highest BCUT2D eigenvalue weighted by molar-refractivity contribution is 5.78. The van der Waals surface area contributed by atoms with Gasteiger partial charge in [-0.1, -0.05) is 12.8 Å². The van der Waals surface area contributed by atoms with Crippen LogP contribution in [0.4, 0.5) is 0 Å². The van der Waals surface area contributed by atoms with E-state index in [1.54, 1.807) is 0 Å². The predicted octanol–water partition coefficient (Wildman–Crippen LogP) is 0.422. The zero-order valence-corrected chi connectivity index (χ0v) is 10.0. The van der Waals surface area contributed by atoms with Crippen LogP contribution in [-0.4, -0.2) is 54.5 Å². The van der Waals surface area contributed by atoms with E-state index >= 15 is 0 Å². The first kappa shape index (κ1) is 11.9. The molecule has 0 atom stereocenters. The molecule has 0 aromatic carbocycles. The Labute approximate surface area is 97.8 Å². The molecule has 16 heavy (non-hydrogen) atoms. The molecule has 92 valence electrons. The molecule has 2 fully saturated rings. The third kappa shape index (κ3) is 2.74. The molecule has 2 rings (SSSR count). The van der Waals surface area contributed by atoms with E-state index in [2.05, 4.69) is 4.90 Å². The lowest BCUT2D eigenvalue weighted by Gasteiger charge is -2.27. The summed E-state index contributed by atoms with van der Waals surface area (Å²) in [7, 11) is 0. The molecule has 4 nitrogen and oxygen atoms in total. The van der Waals surface area contributed by atoms with Crippen LogP contribution in [0.3, 0.4) is 0 Å². The van der Waals surface area contributed by atoms with E-state index in [4.69, 9.17) is 5.73 Å². The lowest BCUT2D eigenvalue weighted by molar-refractivity contribution is -0.129. The third-order valence-corrected chi connectivity index (χ3v) is 3.90. The minimum atomic E-state index is 0.105. The Kier molecular flexibility index (Phi) is 4.18. The summed E-state index contributed by atoms with van der Waals surface area (Å²) < 4.78 is 0. The average Bonchev–Trinajstić information content (AvgIpc) is 2.73. The highest BCUT2D eigenvalue weighted by Crippen LogP contribution is 2.24. The minimum Gasteiger partial charge on any atom is -0.340 e. The summed E-state index contributed by atoms with van der Waals surface area (Å²) in [6.07, 6.45) is 6.57. The highest BCUT2D eigenvalue weighted by Gasteiger charge is 2.25. The fourth-order valence-electron chi connectivity index (χ4n) is 2.95.